The molecule has 1 aromatic carbocycles. The largest absolute Gasteiger partial charge is 0.368 e. The number of amides is 1. The summed E-state index contributed by atoms with van der Waals surface area (Å²) in [6.07, 6.45) is 1.82. The molecule has 0 radical (unpaired) electrons. The summed E-state index contributed by atoms with van der Waals surface area (Å²) in [7, 11) is 0. The van der Waals surface area contributed by atoms with Gasteiger partial charge < -0.3 is 9.80 Å². The Balaban J connectivity index is 1.79. The summed E-state index contributed by atoms with van der Waals surface area (Å²) in [5.41, 5.74) is 2.34. The van der Waals surface area contributed by atoms with Crippen molar-refractivity contribution in [3.8, 4) is 6.07 Å². The summed E-state index contributed by atoms with van der Waals surface area (Å²) in [5.74, 6) is 0.628. The highest BCUT2D eigenvalue weighted by Gasteiger charge is 2.32. The van der Waals surface area contributed by atoms with Crippen molar-refractivity contribution >= 4 is 51.8 Å². The fraction of sp³-hybridized carbons (Fsp3) is 0.360. The number of para-hydroxylation sites is 1. The van der Waals surface area contributed by atoms with Crippen molar-refractivity contribution in [2.75, 3.05) is 42.5 Å². The smallest absolute Gasteiger partial charge is 0.270 e. The van der Waals surface area contributed by atoms with E-state index in [1.165, 1.54) is 17.4 Å². The van der Waals surface area contributed by atoms with Crippen LogP contribution in [0.3, 0.4) is 0 Å². The zero-order chi connectivity index (χ0) is 24.4. The average Bonchev–Trinajstić information content (AvgIpc) is 3.13. The number of carbonyl (C=O) groups excluding carboxylic acids is 1. The molecule has 1 amide bonds. The molecule has 2 fully saturated rings. The molecule has 0 bridgehead atoms. The molecule has 34 heavy (non-hydrogen) atoms. The number of hydrogen-bond acceptors (Lipinski definition) is 7. The SMILES string of the molecule is CCN1C(=O)/C(=C/c2c(C)c(C#N)c(=O)n(CC)c2N2CCN(c3ccccc3)CC2)SC1=S. The highest BCUT2D eigenvalue weighted by atomic mass is 32.2. The predicted molar refractivity (Wildman–Crippen MR) is 142 cm³/mol. The monoisotopic (exact) mass is 493 g/mol. The van der Waals surface area contributed by atoms with Gasteiger partial charge in [0, 0.05) is 50.5 Å². The predicted octanol–water partition coefficient (Wildman–Crippen LogP) is 3.60. The molecular weight excluding hydrogens is 466 g/mol. The van der Waals surface area contributed by atoms with Gasteiger partial charge in [0.1, 0.15) is 21.8 Å². The highest BCUT2D eigenvalue weighted by molar-refractivity contribution is 8.26. The lowest BCUT2D eigenvalue weighted by molar-refractivity contribution is -0.121. The second-order valence-electron chi connectivity index (χ2n) is 8.13. The molecule has 3 heterocycles. The van der Waals surface area contributed by atoms with E-state index >= 15 is 0 Å². The van der Waals surface area contributed by atoms with Gasteiger partial charge in [-0.3, -0.25) is 19.1 Å². The van der Waals surface area contributed by atoms with E-state index in [1.54, 1.807) is 16.4 Å². The van der Waals surface area contributed by atoms with E-state index in [-0.39, 0.29) is 17.0 Å². The van der Waals surface area contributed by atoms with Gasteiger partial charge in [0.15, 0.2) is 0 Å². The van der Waals surface area contributed by atoms with Gasteiger partial charge >= 0.3 is 0 Å². The van der Waals surface area contributed by atoms with Crippen LogP contribution >= 0.6 is 24.0 Å². The van der Waals surface area contributed by atoms with Gasteiger partial charge in [0.2, 0.25) is 0 Å². The Labute approximate surface area is 209 Å². The first-order chi connectivity index (χ1) is 16.4. The molecule has 176 valence electrons. The number of nitrogens with zero attached hydrogens (tertiary/aromatic N) is 5. The number of benzene rings is 1. The number of hydrogen-bond donors (Lipinski definition) is 0. The van der Waals surface area contributed by atoms with Crippen LogP contribution in [0.2, 0.25) is 0 Å². The van der Waals surface area contributed by atoms with Crippen LogP contribution in [0.15, 0.2) is 40.0 Å². The summed E-state index contributed by atoms with van der Waals surface area (Å²) in [5, 5.41) is 9.74. The number of carbonyl (C=O) groups is 1. The van der Waals surface area contributed by atoms with Crippen LogP contribution in [-0.2, 0) is 11.3 Å². The van der Waals surface area contributed by atoms with Crippen molar-refractivity contribution in [1.29, 1.82) is 5.26 Å². The van der Waals surface area contributed by atoms with Crippen LogP contribution in [0, 0.1) is 18.3 Å². The molecule has 0 aliphatic carbocycles. The van der Waals surface area contributed by atoms with E-state index in [1.807, 2.05) is 38.1 Å². The summed E-state index contributed by atoms with van der Waals surface area (Å²) in [6, 6.07) is 12.4. The summed E-state index contributed by atoms with van der Waals surface area (Å²) in [4.78, 5) is 32.7. The van der Waals surface area contributed by atoms with Gasteiger partial charge in [-0.05, 0) is 44.5 Å². The van der Waals surface area contributed by atoms with E-state index in [0.717, 1.165) is 37.6 Å². The lowest BCUT2D eigenvalue weighted by Gasteiger charge is -2.39. The first kappa shape index (κ1) is 24.0. The van der Waals surface area contributed by atoms with E-state index in [2.05, 4.69) is 28.0 Å². The lowest BCUT2D eigenvalue weighted by Crippen LogP contribution is -2.48. The van der Waals surface area contributed by atoms with Crippen LogP contribution in [0.25, 0.3) is 6.08 Å². The van der Waals surface area contributed by atoms with E-state index in [0.29, 0.717) is 27.9 Å². The standard InChI is InChI=1S/C25H27N5O2S2/c1-4-29-22(28-13-11-27(12-14-28)18-9-7-6-8-10-18)19(17(3)20(16-26)23(29)31)15-21-24(32)30(5-2)25(33)34-21/h6-10,15H,4-5,11-14H2,1-3H3/b21-15-. The Bertz CT molecular complexity index is 1250. The molecule has 2 aliphatic rings. The number of aromatic nitrogens is 1. The lowest BCUT2D eigenvalue weighted by atomic mass is 10.0. The molecule has 2 aliphatic heterocycles. The molecule has 0 atom stereocenters. The molecule has 0 spiro atoms. The van der Waals surface area contributed by atoms with Crippen LogP contribution in [0.4, 0.5) is 11.5 Å². The minimum atomic E-state index is -0.291. The van der Waals surface area contributed by atoms with Gasteiger partial charge in [0.05, 0.1) is 4.91 Å². The van der Waals surface area contributed by atoms with Gasteiger partial charge in [-0.15, -0.1) is 0 Å². The van der Waals surface area contributed by atoms with Crippen molar-refractivity contribution in [1.82, 2.24) is 9.47 Å². The van der Waals surface area contributed by atoms with Crippen molar-refractivity contribution in [2.24, 2.45) is 0 Å². The second kappa shape index (κ2) is 10.0. The first-order valence-electron chi connectivity index (χ1n) is 11.4. The topological polar surface area (TPSA) is 72.6 Å². The molecular formula is C25H27N5O2S2. The van der Waals surface area contributed by atoms with Crippen molar-refractivity contribution < 1.29 is 4.79 Å². The number of nitriles is 1. The quantitative estimate of drug-likeness (QED) is 0.466. The van der Waals surface area contributed by atoms with E-state index in [4.69, 9.17) is 12.2 Å². The van der Waals surface area contributed by atoms with Crippen molar-refractivity contribution in [2.45, 2.75) is 27.3 Å². The number of thioether (sulfide) groups is 1. The molecule has 1 aromatic heterocycles. The minimum Gasteiger partial charge on any atom is -0.368 e. The fourth-order valence-electron chi connectivity index (χ4n) is 4.50. The maximum absolute atomic E-state index is 13.2. The summed E-state index contributed by atoms with van der Waals surface area (Å²) in [6.45, 7) is 9.56. The fourth-order valence-corrected chi connectivity index (χ4v) is 5.86. The van der Waals surface area contributed by atoms with Crippen LogP contribution < -0.4 is 15.4 Å². The maximum Gasteiger partial charge on any atom is 0.270 e. The van der Waals surface area contributed by atoms with Gasteiger partial charge in [-0.2, -0.15) is 5.26 Å². The third-order valence-electron chi connectivity index (χ3n) is 6.33. The maximum atomic E-state index is 13.2. The highest BCUT2D eigenvalue weighted by Crippen LogP contribution is 2.36. The van der Waals surface area contributed by atoms with Crippen molar-refractivity contribution in [3.05, 3.63) is 62.3 Å². The Morgan fingerprint density at radius 3 is 2.26 bits per heavy atom. The molecule has 0 N–H and O–H groups in total. The number of anilines is 2. The second-order valence-corrected chi connectivity index (χ2v) is 9.81. The zero-order valence-electron chi connectivity index (χ0n) is 19.6. The normalized spacial score (nSPS) is 17.6. The van der Waals surface area contributed by atoms with Crippen molar-refractivity contribution in [3.63, 3.8) is 0 Å². The first-order valence-corrected chi connectivity index (χ1v) is 12.6. The van der Waals surface area contributed by atoms with Crippen LogP contribution in [0.5, 0.6) is 0 Å². The Kier molecular flexibility index (Phi) is 7.10. The average molecular weight is 494 g/mol. The Morgan fingerprint density at radius 2 is 1.71 bits per heavy atom. The molecule has 7 nitrogen and oxygen atoms in total. The summed E-state index contributed by atoms with van der Waals surface area (Å²) < 4.78 is 2.19. The molecule has 2 saturated heterocycles. The van der Waals surface area contributed by atoms with Crippen LogP contribution in [-0.4, -0.2) is 52.4 Å². The molecule has 9 heteroatoms. The Hall–Kier alpha value is -3.09. The van der Waals surface area contributed by atoms with E-state index < -0.39 is 0 Å². The van der Waals surface area contributed by atoms with Gasteiger partial charge in [0.25, 0.3) is 11.5 Å². The Morgan fingerprint density at radius 1 is 1.06 bits per heavy atom. The number of thiocarbonyl (C=S) groups is 1. The van der Waals surface area contributed by atoms with Crippen LogP contribution in [0.1, 0.15) is 30.5 Å². The number of pyridine rings is 1. The number of piperazine rings is 1. The third-order valence-corrected chi connectivity index (χ3v) is 7.71. The van der Waals surface area contributed by atoms with Gasteiger partial charge in [-0.25, -0.2) is 0 Å². The summed E-state index contributed by atoms with van der Waals surface area (Å²) >= 11 is 6.65. The third kappa shape index (κ3) is 4.24. The zero-order valence-corrected chi connectivity index (χ0v) is 21.2. The molecule has 0 unspecified atom stereocenters. The molecule has 4 rings (SSSR count). The molecule has 2 aromatic rings. The number of rotatable bonds is 5. The minimum absolute atomic E-state index is 0.116. The van der Waals surface area contributed by atoms with Gasteiger partial charge in [-0.1, -0.05) is 42.2 Å². The molecule has 0 saturated carbocycles. The van der Waals surface area contributed by atoms with E-state index in [9.17, 15) is 14.9 Å². The number of likely N-dealkylation sites (N-methyl/N-ethyl adjacent to an activating group) is 1.